The fourth-order valence-corrected chi connectivity index (χ4v) is 4.15. The average Bonchev–Trinajstić information content (AvgIpc) is 2.77. The number of aryl methyl sites for hydroxylation is 3. The maximum atomic E-state index is 13.0. The maximum absolute atomic E-state index is 13.0. The number of hydrogen-bond donors (Lipinski definition) is 1. The van der Waals surface area contributed by atoms with E-state index in [1.165, 1.54) is 29.5 Å². The average molecular weight is 400 g/mol. The van der Waals surface area contributed by atoms with Crippen LogP contribution in [0.15, 0.2) is 72.8 Å². The highest BCUT2D eigenvalue weighted by atomic mass is 16.5. The molecule has 3 nitrogen and oxygen atoms in total. The standard InChI is InChI=1S/C27H29NO2/c1-19-9-8-14-24(17-19)26(22-11-4-3-5-12-22)28-27(29)20(2)30-25-16-15-21-10-6-7-13-23(21)18-25/h3-5,8-9,11-12,14-18,20,26H,6-7,10,13H2,1-2H3,(H,28,29)/t20-,26+/m1/s1. The molecule has 2 atom stereocenters. The zero-order valence-electron chi connectivity index (χ0n) is 17.7. The molecule has 0 aromatic heterocycles. The summed E-state index contributed by atoms with van der Waals surface area (Å²) >= 11 is 0. The van der Waals surface area contributed by atoms with E-state index in [2.05, 4.69) is 42.6 Å². The Kier molecular flexibility index (Phi) is 6.18. The molecule has 1 aliphatic rings. The molecule has 154 valence electrons. The molecule has 0 unspecified atom stereocenters. The van der Waals surface area contributed by atoms with Crippen molar-refractivity contribution in [2.75, 3.05) is 0 Å². The topological polar surface area (TPSA) is 38.3 Å². The van der Waals surface area contributed by atoms with E-state index in [1.54, 1.807) is 0 Å². The summed E-state index contributed by atoms with van der Waals surface area (Å²) in [6.07, 6.45) is 4.13. The van der Waals surface area contributed by atoms with Crippen LogP contribution < -0.4 is 10.1 Å². The van der Waals surface area contributed by atoms with Crippen molar-refractivity contribution in [3.8, 4) is 5.75 Å². The summed E-state index contributed by atoms with van der Waals surface area (Å²) in [7, 11) is 0. The van der Waals surface area contributed by atoms with Gasteiger partial charge in [-0.1, -0.05) is 66.2 Å². The van der Waals surface area contributed by atoms with Crippen LogP contribution >= 0.6 is 0 Å². The predicted octanol–water partition coefficient (Wildman–Crippen LogP) is 5.55. The number of hydrogen-bond acceptors (Lipinski definition) is 2. The van der Waals surface area contributed by atoms with E-state index in [4.69, 9.17) is 4.74 Å². The van der Waals surface area contributed by atoms with E-state index in [0.717, 1.165) is 29.7 Å². The van der Waals surface area contributed by atoms with Crippen molar-refractivity contribution in [1.82, 2.24) is 5.32 Å². The molecule has 0 radical (unpaired) electrons. The van der Waals surface area contributed by atoms with Gasteiger partial charge in [-0.05, 0) is 73.9 Å². The summed E-state index contributed by atoms with van der Waals surface area (Å²) in [6.45, 7) is 3.88. The van der Waals surface area contributed by atoms with E-state index >= 15 is 0 Å². The molecule has 0 aliphatic heterocycles. The van der Waals surface area contributed by atoms with Crippen molar-refractivity contribution in [3.63, 3.8) is 0 Å². The van der Waals surface area contributed by atoms with E-state index in [0.29, 0.717) is 0 Å². The van der Waals surface area contributed by atoms with Gasteiger partial charge in [0.1, 0.15) is 5.75 Å². The molecule has 1 N–H and O–H groups in total. The molecule has 0 spiro atoms. The quantitative estimate of drug-likeness (QED) is 0.590. The molecule has 0 heterocycles. The minimum Gasteiger partial charge on any atom is -0.481 e. The Bertz CT molecular complexity index is 1010. The normalized spacial score (nSPS) is 15.0. The smallest absolute Gasteiger partial charge is 0.261 e. The Balaban J connectivity index is 1.50. The molecule has 1 aliphatic carbocycles. The Morgan fingerprint density at radius 3 is 2.37 bits per heavy atom. The number of carbonyl (C=O) groups is 1. The first-order chi connectivity index (χ1) is 14.6. The van der Waals surface area contributed by atoms with Gasteiger partial charge in [0.2, 0.25) is 0 Å². The lowest BCUT2D eigenvalue weighted by atomic mass is 9.92. The summed E-state index contributed by atoms with van der Waals surface area (Å²) in [4.78, 5) is 13.0. The Morgan fingerprint density at radius 1 is 0.867 bits per heavy atom. The number of rotatable bonds is 6. The summed E-state index contributed by atoms with van der Waals surface area (Å²) < 4.78 is 6.03. The number of nitrogens with one attached hydrogen (secondary N) is 1. The molecule has 0 saturated carbocycles. The highest BCUT2D eigenvalue weighted by Crippen LogP contribution is 2.27. The number of amides is 1. The fourth-order valence-electron chi connectivity index (χ4n) is 4.15. The van der Waals surface area contributed by atoms with Crippen molar-refractivity contribution in [1.29, 1.82) is 0 Å². The van der Waals surface area contributed by atoms with Gasteiger partial charge in [0.15, 0.2) is 6.10 Å². The van der Waals surface area contributed by atoms with Crippen molar-refractivity contribution in [2.24, 2.45) is 0 Å². The van der Waals surface area contributed by atoms with Gasteiger partial charge in [0.05, 0.1) is 6.04 Å². The lowest BCUT2D eigenvalue weighted by Gasteiger charge is -2.23. The molecule has 0 saturated heterocycles. The second kappa shape index (κ2) is 9.17. The predicted molar refractivity (Wildman–Crippen MR) is 121 cm³/mol. The van der Waals surface area contributed by atoms with E-state index < -0.39 is 6.10 Å². The van der Waals surface area contributed by atoms with Crippen LogP contribution in [0.1, 0.15) is 53.6 Å². The maximum Gasteiger partial charge on any atom is 0.261 e. The Morgan fingerprint density at radius 2 is 1.60 bits per heavy atom. The SMILES string of the molecule is Cc1cccc([C@@H](NC(=O)[C@@H](C)Oc2ccc3c(c2)CCCC3)c2ccccc2)c1. The van der Waals surface area contributed by atoms with Gasteiger partial charge in [-0.2, -0.15) is 0 Å². The number of fused-ring (bicyclic) bond motifs is 1. The summed E-state index contributed by atoms with van der Waals surface area (Å²) in [5, 5.41) is 3.20. The Hall–Kier alpha value is -3.07. The van der Waals surface area contributed by atoms with Gasteiger partial charge in [-0.3, -0.25) is 4.79 Å². The minimum absolute atomic E-state index is 0.122. The molecular formula is C27H29NO2. The van der Waals surface area contributed by atoms with Crippen LogP contribution in [0, 0.1) is 6.92 Å². The molecule has 1 amide bonds. The van der Waals surface area contributed by atoms with Gasteiger partial charge in [0.25, 0.3) is 5.91 Å². The van der Waals surface area contributed by atoms with Crippen LogP contribution in [0.25, 0.3) is 0 Å². The van der Waals surface area contributed by atoms with Crippen LogP contribution in [0.3, 0.4) is 0 Å². The first-order valence-electron chi connectivity index (χ1n) is 10.8. The van der Waals surface area contributed by atoms with E-state index in [-0.39, 0.29) is 11.9 Å². The largest absolute Gasteiger partial charge is 0.481 e. The van der Waals surface area contributed by atoms with Gasteiger partial charge >= 0.3 is 0 Å². The third kappa shape index (κ3) is 4.73. The molecule has 30 heavy (non-hydrogen) atoms. The Labute approximate surface area is 179 Å². The summed E-state index contributed by atoms with van der Waals surface area (Å²) in [6, 6.07) is 24.4. The highest BCUT2D eigenvalue weighted by Gasteiger charge is 2.22. The first kappa shape index (κ1) is 20.2. The summed E-state index contributed by atoms with van der Waals surface area (Å²) in [5.41, 5.74) is 6.05. The van der Waals surface area contributed by atoms with Crippen molar-refractivity contribution in [3.05, 3.63) is 101 Å². The zero-order chi connectivity index (χ0) is 20.9. The molecule has 3 aromatic carbocycles. The second-order valence-electron chi connectivity index (χ2n) is 8.16. The van der Waals surface area contributed by atoms with Crippen LogP contribution in [0.2, 0.25) is 0 Å². The van der Waals surface area contributed by atoms with Crippen LogP contribution in [0.5, 0.6) is 5.75 Å². The first-order valence-corrected chi connectivity index (χ1v) is 10.8. The number of carbonyl (C=O) groups excluding carboxylic acids is 1. The molecule has 4 rings (SSSR count). The molecule has 0 bridgehead atoms. The highest BCUT2D eigenvalue weighted by molar-refractivity contribution is 5.81. The van der Waals surface area contributed by atoms with E-state index in [1.807, 2.05) is 49.4 Å². The van der Waals surface area contributed by atoms with E-state index in [9.17, 15) is 4.79 Å². The molecule has 3 heteroatoms. The monoisotopic (exact) mass is 399 g/mol. The van der Waals surface area contributed by atoms with Gasteiger partial charge in [0, 0.05) is 0 Å². The van der Waals surface area contributed by atoms with Crippen molar-refractivity contribution < 1.29 is 9.53 Å². The van der Waals surface area contributed by atoms with Crippen LogP contribution in [-0.2, 0) is 17.6 Å². The van der Waals surface area contributed by atoms with Gasteiger partial charge in [-0.15, -0.1) is 0 Å². The minimum atomic E-state index is -0.581. The van der Waals surface area contributed by atoms with Crippen molar-refractivity contribution >= 4 is 5.91 Å². The lowest BCUT2D eigenvalue weighted by molar-refractivity contribution is -0.127. The zero-order valence-corrected chi connectivity index (χ0v) is 17.7. The summed E-state index contributed by atoms with van der Waals surface area (Å²) in [5.74, 6) is 0.646. The molecule has 0 fully saturated rings. The lowest BCUT2D eigenvalue weighted by Crippen LogP contribution is -2.39. The number of ether oxygens (including phenoxy) is 1. The second-order valence-corrected chi connectivity index (χ2v) is 8.16. The fraction of sp³-hybridized carbons (Fsp3) is 0.296. The number of benzene rings is 3. The molecular weight excluding hydrogens is 370 g/mol. The van der Waals surface area contributed by atoms with Gasteiger partial charge in [-0.25, -0.2) is 0 Å². The third-order valence-corrected chi connectivity index (χ3v) is 5.80. The third-order valence-electron chi connectivity index (χ3n) is 5.80. The van der Waals surface area contributed by atoms with Crippen molar-refractivity contribution in [2.45, 2.75) is 51.7 Å². The van der Waals surface area contributed by atoms with Crippen LogP contribution in [0.4, 0.5) is 0 Å². The van der Waals surface area contributed by atoms with Crippen LogP contribution in [-0.4, -0.2) is 12.0 Å². The van der Waals surface area contributed by atoms with Gasteiger partial charge < -0.3 is 10.1 Å². The molecule has 3 aromatic rings.